The van der Waals surface area contributed by atoms with Crippen molar-refractivity contribution in [2.45, 2.75) is 6.42 Å². The predicted octanol–water partition coefficient (Wildman–Crippen LogP) is 1.83. The van der Waals surface area contributed by atoms with Gasteiger partial charge in [-0.2, -0.15) is 0 Å². The van der Waals surface area contributed by atoms with Crippen molar-refractivity contribution in [3.63, 3.8) is 0 Å². The summed E-state index contributed by atoms with van der Waals surface area (Å²) in [5, 5.41) is 3.49. The monoisotopic (exact) mass is 190 g/mol. The summed E-state index contributed by atoms with van der Waals surface area (Å²) in [6.07, 6.45) is 1.21. The molecule has 1 aromatic carbocycles. The van der Waals surface area contributed by atoms with Crippen LogP contribution in [-0.2, 0) is 6.42 Å². The first kappa shape index (κ1) is 9.53. The molecule has 2 heteroatoms. The molecule has 1 heterocycles. The molecule has 0 bridgehead atoms. The molecule has 0 aromatic heterocycles. The summed E-state index contributed by atoms with van der Waals surface area (Å²) in [4.78, 5) is 2.26. The second-order valence-corrected chi connectivity index (χ2v) is 4.37. The Kier molecular flexibility index (Phi) is 2.73. The number of fused-ring (bicyclic) bond motifs is 1. The van der Waals surface area contributed by atoms with Crippen molar-refractivity contribution < 1.29 is 0 Å². The zero-order valence-electron chi connectivity index (χ0n) is 8.96. The maximum absolute atomic E-state index is 3.49. The van der Waals surface area contributed by atoms with Crippen LogP contribution in [0, 0.1) is 5.92 Å². The Hall–Kier alpha value is -1.02. The largest absolute Gasteiger partial charge is 0.384 e. The number of anilines is 1. The van der Waals surface area contributed by atoms with Crippen molar-refractivity contribution >= 4 is 5.69 Å². The van der Waals surface area contributed by atoms with Crippen LogP contribution in [0.15, 0.2) is 24.3 Å². The second kappa shape index (κ2) is 4.01. The molecule has 1 aliphatic heterocycles. The second-order valence-electron chi connectivity index (χ2n) is 4.37. The Bertz CT molecular complexity index is 307. The molecule has 0 saturated heterocycles. The van der Waals surface area contributed by atoms with Crippen molar-refractivity contribution in [1.82, 2.24) is 4.90 Å². The molecule has 76 valence electrons. The summed E-state index contributed by atoms with van der Waals surface area (Å²) in [7, 11) is 4.28. The molecule has 1 atom stereocenters. The van der Waals surface area contributed by atoms with Gasteiger partial charge in [0.25, 0.3) is 0 Å². The van der Waals surface area contributed by atoms with Crippen LogP contribution in [0.25, 0.3) is 0 Å². The smallest absolute Gasteiger partial charge is 0.0372 e. The van der Waals surface area contributed by atoms with Crippen molar-refractivity contribution in [3.8, 4) is 0 Å². The van der Waals surface area contributed by atoms with Crippen molar-refractivity contribution in [2.75, 3.05) is 32.5 Å². The number of rotatable bonds is 2. The van der Waals surface area contributed by atoms with E-state index in [1.807, 2.05) is 0 Å². The van der Waals surface area contributed by atoms with Crippen LogP contribution in [-0.4, -0.2) is 32.1 Å². The van der Waals surface area contributed by atoms with E-state index in [9.17, 15) is 0 Å². The van der Waals surface area contributed by atoms with E-state index >= 15 is 0 Å². The maximum Gasteiger partial charge on any atom is 0.0372 e. The van der Waals surface area contributed by atoms with Gasteiger partial charge < -0.3 is 10.2 Å². The molecule has 14 heavy (non-hydrogen) atoms. The quantitative estimate of drug-likeness (QED) is 0.765. The molecule has 2 rings (SSSR count). The minimum absolute atomic E-state index is 0.750. The van der Waals surface area contributed by atoms with Crippen LogP contribution in [0.4, 0.5) is 5.69 Å². The fourth-order valence-corrected chi connectivity index (χ4v) is 2.15. The zero-order chi connectivity index (χ0) is 9.97. The van der Waals surface area contributed by atoms with Crippen LogP contribution >= 0.6 is 0 Å². The van der Waals surface area contributed by atoms with Crippen LogP contribution in [0.1, 0.15) is 5.56 Å². The minimum atomic E-state index is 0.750. The predicted molar refractivity (Wildman–Crippen MR) is 60.7 cm³/mol. The first-order valence-electron chi connectivity index (χ1n) is 5.22. The van der Waals surface area contributed by atoms with Gasteiger partial charge in [-0.25, -0.2) is 0 Å². The summed E-state index contributed by atoms with van der Waals surface area (Å²) in [5.41, 5.74) is 2.79. The lowest BCUT2D eigenvalue weighted by Gasteiger charge is -2.28. The highest BCUT2D eigenvalue weighted by Gasteiger charge is 2.17. The zero-order valence-corrected chi connectivity index (χ0v) is 8.96. The van der Waals surface area contributed by atoms with Gasteiger partial charge in [0.1, 0.15) is 0 Å². The summed E-state index contributed by atoms with van der Waals surface area (Å²) < 4.78 is 0. The van der Waals surface area contributed by atoms with Gasteiger partial charge in [-0.3, -0.25) is 0 Å². The Balaban J connectivity index is 2.06. The fourth-order valence-electron chi connectivity index (χ4n) is 2.15. The van der Waals surface area contributed by atoms with Crippen molar-refractivity contribution in [3.05, 3.63) is 29.8 Å². The maximum atomic E-state index is 3.49. The summed E-state index contributed by atoms with van der Waals surface area (Å²) in [6, 6.07) is 8.61. The molecule has 1 aromatic rings. The topological polar surface area (TPSA) is 15.3 Å². The highest BCUT2D eigenvalue weighted by molar-refractivity contribution is 5.53. The van der Waals surface area contributed by atoms with E-state index < -0.39 is 0 Å². The Morgan fingerprint density at radius 1 is 1.36 bits per heavy atom. The lowest BCUT2D eigenvalue weighted by Crippen LogP contribution is -2.31. The number of hydrogen-bond donors (Lipinski definition) is 1. The Morgan fingerprint density at radius 2 is 2.14 bits per heavy atom. The third-order valence-electron chi connectivity index (χ3n) is 2.73. The van der Waals surface area contributed by atoms with Gasteiger partial charge in [0.2, 0.25) is 0 Å². The first-order valence-corrected chi connectivity index (χ1v) is 5.22. The number of nitrogens with zero attached hydrogens (tertiary/aromatic N) is 1. The molecule has 0 aliphatic carbocycles. The third-order valence-corrected chi connectivity index (χ3v) is 2.73. The summed E-state index contributed by atoms with van der Waals surface area (Å²) in [6.45, 7) is 2.27. The third kappa shape index (κ3) is 2.07. The van der Waals surface area contributed by atoms with E-state index in [4.69, 9.17) is 0 Å². The number of benzene rings is 1. The van der Waals surface area contributed by atoms with Crippen LogP contribution in [0.3, 0.4) is 0 Å². The van der Waals surface area contributed by atoms with Gasteiger partial charge in [0, 0.05) is 18.8 Å². The fraction of sp³-hybridized carbons (Fsp3) is 0.500. The van der Waals surface area contributed by atoms with Crippen LogP contribution in [0.5, 0.6) is 0 Å². The highest BCUT2D eigenvalue weighted by Crippen LogP contribution is 2.24. The van der Waals surface area contributed by atoms with E-state index in [2.05, 4.69) is 48.6 Å². The normalized spacial score (nSPS) is 20.4. The highest BCUT2D eigenvalue weighted by atomic mass is 15.1. The van der Waals surface area contributed by atoms with E-state index in [0.717, 1.165) is 12.5 Å². The first-order chi connectivity index (χ1) is 6.75. The molecule has 0 spiro atoms. The van der Waals surface area contributed by atoms with Gasteiger partial charge in [0.15, 0.2) is 0 Å². The van der Waals surface area contributed by atoms with E-state index in [0.29, 0.717) is 0 Å². The summed E-state index contributed by atoms with van der Waals surface area (Å²) >= 11 is 0. The molecule has 0 fully saturated rings. The summed E-state index contributed by atoms with van der Waals surface area (Å²) in [5.74, 6) is 0.750. The van der Waals surface area contributed by atoms with Gasteiger partial charge in [-0.15, -0.1) is 0 Å². The molecule has 0 radical (unpaired) electrons. The molecular formula is C12H18N2. The lowest BCUT2D eigenvalue weighted by molar-refractivity contribution is 0.328. The van der Waals surface area contributed by atoms with Gasteiger partial charge >= 0.3 is 0 Å². The van der Waals surface area contributed by atoms with E-state index in [-0.39, 0.29) is 0 Å². The molecule has 1 aliphatic rings. The molecule has 0 unspecified atom stereocenters. The molecule has 0 amide bonds. The number of nitrogens with one attached hydrogen (secondary N) is 1. The van der Waals surface area contributed by atoms with Crippen molar-refractivity contribution in [2.24, 2.45) is 5.92 Å². The lowest BCUT2D eigenvalue weighted by atomic mass is 9.94. The standard InChI is InChI=1S/C12H18N2/c1-14(2)9-10-7-11-5-3-4-6-12(11)13-8-10/h3-6,10,13H,7-9H2,1-2H3/t10-/m1/s1. The Labute approximate surface area is 85.9 Å². The van der Waals surface area contributed by atoms with E-state index in [1.165, 1.54) is 24.2 Å². The molecule has 0 saturated carbocycles. The van der Waals surface area contributed by atoms with Gasteiger partial charge in [-0.1, -0.05) is 18.2 Å². The number of para-hydroxylation sites is 1. The van der Waals surface area contributed by atoms with Crippen molar-refractivity contribution in [1.29, 1.82) is 0 Å². The van der Waals surface area contributed by atoms with Crippen LogP contribution in [0.2, 0.25) is 0 Å². The molecule has 2 nitrogen and oxygen atoms in total. The Morgan fingerprint density at radius 3 is 2.93 bits per heavy atom. The minimum Gasteiger partial charge on any atom is -0.384 e. The number of hydrogen-bond acceptors (Lipinski definition) is 2. The molecule has 1 N–H and O–H groups in total. The van der Waals surface area contributed by atoms with Gasteiger partial charge in [-0.05, 0) is 38.1 Å². The van der Waals surface area contributed by atoms with Gasteiger partial charge in [0.05, 0.1) is 0 Å². The molecular weight excluding hydrogens is 172 g/mol. The van der Waals surface area contributed by atoms with Crippen LogP contribution < -0.4 is 5.32 Å². The average molecular weight is 190 g/mol. The SMILES string of the molecule is CN(C)C[C@H]1CNc2ccccc2C1. The van der Waals surface area contributed by atoms with E-state index in [1.54, 1.807) is 0 Å². The average Bonchev–Trinajstić information content (AvgIpc) is 2.17.